The van der Waals surface area contributed by atoms with E-state index in [0.29, 0.717) is 26.1 Å². The van der Waals surface area contributed by atoms with Crippen LogP contribution in [0, 0.1) is 5.82 Å². The molecule has 1 fully saturated rings. The van der Waals surface area contributed by atoms with Crippen LogP contribution in [-0.2, 0) is 26.1 Å². The largest absolute Gasteiger partial charge is 0.345 e. The number of urea groups is 1. The smallest absolute Gasteiger partial charge is 0.338 e. The molecule has 1 aliphatic heterocycles. The minimum absolute atomic E-state index is 0.0445. The first kappa shape index (κ1) is 18.7. The molecule has 8 heteroatoms. The van der Waals surface area contributed by atoms with E-state index in [9.17, 15) is 14.0 Å². The van der Waals surface area contributed by atoms with Gasteiger partial charge in [-0.05, 0) is 49.8 Å². The fraction of sp³-hybridized carbons (Fsp3) is 0.550. The maximum atomic E-state index is 13.1. The van der Waals surface area contributed by atoms with Gasteiger partial charge in [-0.25, -0.2) is 18.7 Å². The van der Waals surface area contributed by atoms with Crippen LogP contribution in [0.25, 0.3) is 0 Å². The van der Waals surface area contributed by atoms with Crippen LogP contribution >= 0.6 is 0 Å². The molecule has 2 heterocycles. The fourth-order valence-electron chi connectivity index (χ4n) is 3.66. The second-order valence-corrected chi connectivity index (χ2v) is 7.60. The molecule has 0 atom stereocenters. The summed E-state index contributed by atoms with van der Waals surface area (Å²) < 4.78 is 16.4. The topological polar surface area (TPSA) is 72.2 Å². The molecule has 1 aliphatic carbocycles. The van der Waals surface area contributed by atoms with Gasteiger partial charge in [-0.1, -0.05) is 12.1 Å². The number of hydrogen-bond donors (Lipinski definition) is 1. The Labute approximate surface area is 163 Å². The molecule has 7 nitrogen and oxygen atoms in total. The number of carbonyl (C=O) groups is 1. The van der Waals surface area contributed by atoms with Gasteiger partial charge in [0, 0.05) is 38.6 Å². The van der Waals surface area contributed by atoms with Crippen molar-refractivity contribution >= 4 is 6.03 Å². The standard InChI is InChI=1S/C20H26FN5O2/c21-16-7-5-15(6-8-16)14-25(17-9-10-17)19(27)22-11-3-13-26-20(28)24-12-2-1-4-18(24)23-26/h5-8,17H,1-4,9-14H2,(H,22,27). The third-order valence-electron chi connectivity index (χ3n) is 5.37. The summed E-state index contributed by atoms with van der Waals surface area (Å²) >= 11 is 0. The van der Waals surface area contributed by atoms with Crippen LogP contribution in [-0.4, -0.2) is 37.9 Å². The van der Waals surface area contributed by atoms with Gasteiger partial charge in [0.15, 0.2) is 0 Å². The Morgan fingerprint density at radius 2 is 2.04 bits per heavy atom. The molecule has 2 aromatic rings. The maximum Gasteiger partial charge on any atom is 0.345 e. The minimum atomic E-state index is -0.276. The molecular formula is C20H26FN5O2. The van der Waals surface area contributed by atoms with Crippen molar-refractivity contribution in [3.63, 3.8) is 0 Å². The second kappa shape index (κ2) is 8.16. The molecule has 0 radical (unpaired) electrons. The van der Waals surface area contributed by atoms with Crippen molar-refractivity contribution in [3.05, 3.63) is 52.0 Å². The van der Waals surface area contributed by atoms with Crippen molar-refractivity contribution in [1.29, 1.82) is 0 Å². The summed E-state index contributed by atoms with van der Waals surface area (Å²) in [6.45, 7) is 2.22. The third kappa shape index (κ3) is 4.26. The van der Waals surface area contributed by atoms with Gasteiger partial charge in [-0.15, -0.1) is 0 Å². The highest BCUT2D eigenvalue weighted by molar-refractivity contribution is 5.74. The average Bonchev–Trinajstić information content (AvgIpc) is 3.49. The lowest BCUT2D eigenvalue weighted by Crippen LogP contribution is -2.41. The number of fused-ring (bicyclic) bond motifs is 1. The SMILES string of the molecule is O=C(NCCCn1nc2n(c1=O)CCCC2)N(Cc1ccc(F)cc1)C1CC1. The van der Waals surface area contributed by atoms with Gasteiger partial charge >= 0.3 is 11.7 Å². The first-order valence-corrected chi connectivity index (χ1v) is 10.1. The number of carbonyl (C=O) groups excluding carboxylic acids is 1. The number of nitrogens with one attached hydrogen (secondary N) is 1. The van der Waals surface area contributed by atoms with Crippen molar-refractivity contribution in [2.45, 2.75) is 64.2 Å². The molecule has 2 aliphatic rings. The molecule has 150 valence electrons. The van der Waals surface area contributed by atoms with Gasteiger partial charge in [0.2, 0.25) is 0 Å². The van der Waals surface area contributed by atoms with Crippen molar-refractivity contribution in [2.24, 2.45) is 0 Å². The molecule has 28 heavy (non-hydrogen) atoms. The van der Waals surface area contributed by atoms with E-state index in [-0.39, 0.29) is 23.6 Å². The van der Waals surface area contributed by atoms with Gasteiger partial charge in [0.1, 0.15) is 11.6 Å². The van der Waals surface area contributed by atoms with Crippen molar-refractivity contribution in [3.8, 4) is 0 Å². The minimum Gasteiger partial charge on any atom is -0.338 e. The van der Waals surface area contributed by atoms with E-state index >= 15 is 0 Å². The molecule has 0 saturated heterocycles. The average molecular weight is 387 g/mol. The van der Waals surface area contributed by atoms with Crippen LogP contribution in [0.1, 0.15) is 43.5 Å². The van der Waals surface area contributed by atoms with Gasteiger partial charge in [0.25, 0.3) is 0 Å². The van der Waals surface area contributed by atoms with Crippen LogP contribution in [0.2, 0.25) is 0 Å². The Balaban J connectivity index is 1.28. The molecule has 1 aromatic carbocycles. The molecule has 1 saturated carbocycles. The molecule has 1 N–H and O–H groups in total. The predicted molar refractivity (Wildman–Crippen MR) is 102 cm³/mol. The van der Waals surface area contributed by atoms with Gasteiger partial charge < -0.3 is 10.2 Å². The molecule has 2 amide bonds. The van der Waals surface area contributed by atoms with E-state index in [0.717, 1.165) is 50.0 Å². The zero-order valence-corrected chi connectivity index (χ0v) is 15.9. The van der Waals surface area contributed by atoms with Gasteiger partial charge in [-0.2, -0.15) is 5.10 Å². The summed E-state index contributed by atoms with van der Waals surface area (Å²) in [5.41, 5.74) is 0.871. The number of nitrogens with zero attached hydrogens (tertiary/aromatic N) is 4. The van der Waals surface area contributed by atoms with E-state index < -0.39 is 0 Å². The molecule has 1 aromatic heterocycles. The number of halogens is 1. The normalized spacial score (nSPS) is 15.9. The van der Waals surface area contributed by atoms with Gasteiger partial charge in [0.05, 0.1) is 0 Å². The Bertz CT molecular complexity index is 885. The molecular weight excluding hydrogens is 361 g/mol. The summed E-state index contributed by atoms with van der Waals surface area (Å²) in [5, 5.41) is 7.37. The Morgan fingerprint density at radius 3 is 2.75 bits per heavy atom. The third-order valence-corrected chi connectivity index (χ3v) is 5.37. The highest BCUT2D eigenvalue weighted by Crippen LogP contribution is 2.28. The lowest BCUT2D eigenvalue weighted by molar-refractivity contribution is 0.191. The highest BCUT2D eigenvalue weighted by atomic mass is 19.1. The lowest BCUT2D eigenvalue weighted by Gasteiger charge is -2.23. The maximum absolute atomic E-state index is 13.1. The number of amides is 2. The van der Waals surface area contributed by atoms with E-state index in [1.807, 2.05) is 4.90 Å². The van der Waals surface area contributed by atoms with Crippen molar-refractivity contribution in [1.82, 2.24) is 24.6 Å². The highest BCUT2D eigenvalue weighted by Gasteiger charge is 2.32. The van der Waals surface area contributed by atoms with E-state index in [1.54, 1.807) is 16.7 Å². The van der Waals surface area contributed by atoms with Crippen LogP contribution in [0.3, 0.4) is 0 Å². The van der Waals surface area contributed by atoms with Crippen LogP contribution < -0.4 is 11.0 Å². The van der Waals surface area contributed by atoms with Gasteiger partial charge in [-0.3, -0.25) is 4.57 Å². The number of rotatable bonds is 7. The molecule has 0 bridgehead atoms. The number of aryl methyl sites for hydroxylation is 2. The summed E-state index contributed by atoms with van der Waals surface area (Å²) in [7, 11) is 0. The van der Waals surface area contributed by atoms with Crippen LogP contribution in [0.5, 0.6) is 0 Å². The van der Waals surface area contributed by atoms with E-state index in [4.69, 9.17) is 0 Å². The quantitative estimate of drug-likeness (QED) is 0.741. The number of hydrogen-bond acceptors (Lipinski definition) is 3. The monoisotopic (exact) mass is 387 g/mol. The molecule has 4 rings (SSSR count). The summed E-state index contributed by atoms with van der Waals surface area (Å²) in [4.78, 5) is 26.7. The summed E-state index contributed by atoms with van der Waals surface area (Å²) in [6, 6.07) is 6.41. The van der Waals surface area contributed by atoms with E-state index in [1.165, 1.54) is 16.8 Å². The predicted octanol–water partition coefficient (Wildman–Crippen LogP) is 2.28. The second-order valence-electron chi connectivity index (χ2n) is 7.60. The van der Waals surface area contributed by atoms with Crippen LogP contribution in [0.15, 0.2) is 29.1 Å². The Hall–Kier alpha value is -2.64. The zero-order valence-electron chi connectivity index (χ0n) is 15.9. The first-order chi connectivity index (χ1) is 13.6. The number of aromatic nitrogens is 3. The zero-order chi connectivity index (χ0) is 19.5. The van der Waals surface area contributed by atoms with E-state index in [2.05, 4.69) is 10.4 Å². The Kier molecular flexibility index (Phi) is 5.45. The first-order valence-electron chi connectivity index (χ1n) is 10.1. The molecule has 0 unspecified atom stereocenters. The number of benzene rings is 1. The van der Waals surface area contributed by atoms with Crippen LogP contribution in [0.4, 0.5) is 9.18 Å². The summed E-state index contributed by atoms with van der Waals surface area (Å²) in [5.74, 6) is 0.599. The lowest BCUT2D eigenvalue weighted by atomic mass is 10.2. The molecule has 0 spiro atoms. The summed E-state index contributed by atoms with van der Waals surface area (Å²) in [6.07, 6.45) is 5.63. The van der Waals surface area contributed by atoms with Crippen molar-refractivity contribution in [2.75, 3.05) is 6.54 Å². The Morgan fingerprint density at radius 1 is 1.25 bits per heavy atom. The van der Waals surface area contributed by atoms with Crippen molar-refractivity contribution < 1.29 is 9.18 Å². The fourth-order valence-corrected chi connectivity index (χ4v) is 3.66.